The number of ether oxygens (including phenoxy) is 4. The lowest BCUT2D eigenvalue weighted by Crippen LogP contribution is -2.87. The van der Waals surface area contributed by atoms with Crippen molar-refractivity contribution >= 4 is 0 Å². The number of phenolic OH excluding ortho intramolecular Hbond substituents is 1. The molecule has 19 heavy (non-hydrogen) atoms. The van der Waals surface area contributed by atoms with Crippen LogP contribution in [0, 0.1) is 0 Å². The monoisotopic (exact) mass is 272 g/mol. The number of hydrogen-bond donors (Lipinski definition) is 2. The zero-order chi connectivity index (χ0) is 14.3. The van der Waals surface area contributed by atoms with Gasteiger partial charge in [0.1, 0.15) is 6.54 Å². The molecule has 0 aromatic heterocycles. The lowest BCUT2D eigenvalue weighted by molar-refractivity contribution is -0.703. The Morgan fingerprint density at radius 2 is 1.74 bits per heavy atom. The van der Waals surface area contributed by atoms with Crippen LogP contribution in [-0.2, 0) is 20.8 Å². The number of phenols is 1. The van der Waals surface area contributed by atoms with Crippen LogP contribution in [0.2, 0.25) is 0 Å². The van der Waals surface area contributed by atoms with Crippen molar-refractivity contribution in [2.24, 2.45) is 0 Å². The summed E-state index contributed by atoms with van der Waals surface area (Å²) in [4.78, 5) is 0. The number of quaternary nitrogens is 1. The van der Waals surface area contributed by atoms with E-state index in [4.69, 9.17) is 18.9 Å². The summed E-state index contributed by atoms with van der Waals surface area (Å²) < 4.78 is 20.6. The van der Waals surface area contributed by atoms with Gasteiger partial charge in [-0.05, 0) is 18.2 Å². The van der Waals surface area contributed by atoms with Gasteiger partial charge in [-0.15, -0.1) is 0 Å². The van der Waals surface area contributed by atoms with Crippen LogP contribution in [0.15, 0.2) is 18.2 Å². The summed E-state index contributed by atoms with van der Waals surface area (Å²) in [6.07, 6.45) is 0. The lowest BCUT2D eigenvalue weighted by Gasteiger charge is -2.26. The highest BCUT2D eigenvalue weighted by Gasteiger charge is 2.31. The predicted octanol–water partition coefficient (Wildman–Crippen LogP) is 0.0572. The molecular formula is C13H22NO5+. The van der Waals surface area contributed by atoms with Gasteiger partial charge >= 0.3 is 5.97 Å². The molecule has 1 rings (SSSR count). The van der Waals surface area contributed by atoms with Crippen molar-refractivity contribution in [3.63, 3.8) is 0 Å². The molecule has 0 atom stereocenters. The molecule has 0 saturated carbocycles. The van der Waals surface area contributed by atoms with Gasteiger partial charge in [-0.3, -0.25) is 0 Å². The van der Waals surface area contributed by atoms with Crippen molar-refractivity contribution in [2.45, 2.75) is 12.5 Å². The fraction of sp³-hybridized carbons (Fsp3) is 0.538. The van der Waals surface area contributed by atoms with Gasteiger partial charge in [0.2, 0.25) is 0 Å². The average molecular weight is 272 g/mol. The van der Waals surface area contributed by atoms with E-state index >= 15 is 0 Å². The predicted molar refractivity (Wildman–Crippen MR) is 68.9 cm³/mol. The number of rotatable bonds is 8. The van der Waals surface area contributed by atoms with E-state index in [2.05, 4.69) is 0 Å². The summed E-state index contributed by atoms with van der Waals surface area (Å²) in [7, 11) is 6.10. The van der Waals surface area contributed by atoms with Crippen molar-refractivity contribution in [2.75, 3.05) is 35.0 Å². The first-order valence-corrected chi connectivity index (χ1v) is 5.93. The number of benzene rings is 1. The Morgan fingerprint density at radius 3 is 2.21 bits per heavy atom. The summed E-state index contributed by atoms with van der Waals surface area (Å²) in [6, 6.07) is 5.29. The van der Waals surface area contributed by atoms with Crippen molar-refractivity contribution in [3.8, 4) is 11.5 Å². The van der Waals surface area contributed by atoms with Gasteiger partial charge in [0.05, 0.1) is 7.11 Å². The minimum Gasteiger partial charge on any atom is -0.504 e. The average Bonchev–Trinajstić information content (AvgIpc) is 2.44. The number of methoxy groups -OCH3 is 4. The quantitative estimate of drug-likeness (QED) is 0.655. The minimum atomic E-state index is -1.05. The largest absolute Gasteiger partial charge is 0.504 e. The van der Waals surface area contributed by atoms with E-state index in [1.165, 1.54) is 28.4 Å². The zero-order valence-electron chi connectivity index (χ0n) is 11.8. The molecule has 0 radical (unpaired) electrons. The molecule has 6 nitrogen and oxygen atoms in total. The maximum atomic E-state index is 9.68. The van der Waals surface area contributed by atoms with Gasteiger partial charge in [0.25, 0.3) is 0 Å². The van der Waals surface area contributed by atoms with Crippen LogP contribution in [0.1, 0.15) is 5.56 Å². The smallest absolute Gasteiger partial charge is 0.334 e. The number of hydrogen-bond acceptors (Lipinski definition) is 5. The second-order valence-corrected chi connectivity index (χ2v) is 4.00. The van der Waals surface area contributed by atoms with Gasteiger partial charge in [-0.25, -0.2) is 0 Å². The van der Waals surface area contributed by atoms with Crippen molar-refractivity contribution in [1.29, 1.82) is 0 Å². The molecule has 0 amide bonds. The molecule has 0 fully saturated rings. The molecule has 0 spiro atoms. The van der Waals surface area contributed by atoms with E-state index in [0.29, 0.717) is 18.8 Å². The molecular weight excluding hydrogens is 250 g/mol. The minimum absolute atomic E-state index is 0.130. The first-order valence-electron chi connectivity index (χ1n) is 5.93. The Balaban J connectivity index is 2.55. The van der Waals surface area contributed by atoms with Crippen LogP contribution in [0.25, 0.3) is 0 Å². The van der Waals surface area contributed by atoms with Crippen molar-refractivity contribution in [1.82, 2.24) is 0 Å². The van der Waals surface area contributed by atoms with Gasteiger partial charge < -0.3 is 29.4 Å². The first-order chi connectivity index (χ1) is 9.10. The Labute approximate surface area is 113 Å². The number of nitrogens with two attached hydrogens (primary N) is 1. The lowest BCUT2D eigenvalue weighted by atomic mass is 10.2. The van der Waals surface area contributed by atoms with Gasteiger partial charge in [-0.1, -0.05) is 0 Å². The molecule has 0 unspecified atom stereocenters. The first kappa shape index (κ1) is 15.7. The van der Waals surface area contributed by atoms with E-state index in [0.717, 1.165) is 5.56 Å². The van der Waals surface area contributed by atoms with Gasteiger partial charge in [0.15, 0.2) is 18.0 Å². The topological polar surface area (TPSA) is 73.8 Å². The third-order valence-electron chi connectivity index (χ3n) is 2.95. The van der Waals surface area contributed by atoms with E-state index in [1.807, 2.05) is 11.4 Å². The Kier molecular flexibility index (Phi) is 6.04. The van der Waals surface area contributed by atoms with Crippen LogP contribution in [0.4, 0.5) is 0 Å². The molecule has 0 aliphatic heterocycles. The third-order valence-corrected chi connectivity index (χ3v) is 2.95. The second-order valence-electron chi connectivity index (χ2n) is 4.00. The summed E-state index contributed by atoms with van der Waals surface area (Å²) in [5, 5.41) is 11.6. The third kappa shape index (κ3) is 4.07. The Hall–Kier alpha value is -1.34. The fourth-order valence-corrected chi connectivity index (χ4v) is 1.78. The van der Waals surface area contributed by atoms with E-state index in [9.17, 15) is 5.11 Å². The number of aromatic hydroxyl groups is 1. The normalized spacial score (nSPS) is 11.6. The summed E-state index contributed by atoms with van der Waals surface area (Å²) in [5.41, 5.74) is 0.968. The Morgan fingerprint density at radius 1 is 1.11 bits per heavy atom. The van der Waals surface area contributed by atoms with Gasteiger partial charge in [-0.2, -0.15) is 0 Å². The maximum absolute atomic E-state index is 9.68. The molecule has 108 valence electrons. The molecule has 0 aliphatic carbocycles. The highest BCUT2D eigenvalue weighted by Crippen LogP contribution is 2.25. The molecule has 6 heteroatoms. The Bertz CT molecular complexity index is 384. The van der Waals surface area contributed by atoms with Crippen LogP contribution >= 0.6 is 0 Å². The second kappa shape index (κ2) is 7.30. The summed E-state index contributed by atoms with van der Waals surface area (Å²) in [5.74, 6) is -0.456. The molecule has 1 aromatic carbocycles. The van der Waals surface area contributed by atoms with Crippen LogP contribution in [-0.4, -0.2) is 46.1 Å². The molecule has 3 N–H and O–H groups in total. The SMILES string of the molecule is COc1ccc(C[NH2+]CC(OC)(OC)OC)cc1O. The fourth-order valence-electron chi connectivity index (χ4n) is 1.78. The molecule has 1 aromatic rings. The highest BCUT2D eigenvalue weighted by molar-refractivity contribution is 5.41. The molecule has 0 aliphatic rings. The standard InChI is InChI=1S/C13H21NO5/c1-16-12-6-5-10(7-11(12)15)8-14-9-13(17-2,18-3)19-4/h5-7,14-15H,8-9H2,1-4H3/p+1. The van der Waals surface area contributed by atoms with E-state index in [-0.39, 0.29) is 5.75 Å². The molecule has 0 saturated heterocycles. The molecule has 0 bridgehead atoms. The van der Waals surface area contributed by atoms with Crippen molar-refractivity contribution in [3.05, 3.63) is 23.8 Å². The maximum Gasteiger partial charge on any atom is 0.334 e. The summed E-state index contributed by atoms with van der Waals surface area (Å²) >= 11 is 0. The summed E-state index contributed by atoms with van der Waals surface area (Å²) in [6.45, 7) is 1.14. The van der Waals surface area contributed by atoms with Gasteiger partial charge in [0, 0.05) is 26.9 Å². The zero-order valence-corrected chi connectivity index (χ0v) is 11.8. The molecule has 0 heterocycles. The van der Waals surface area contributed by atoms with Crippen LogP contribution in [0.5, 0.6) is 11.5 Å². The van der Waals surface area contributed by atoms with E-state index < -0.39 is 5.97 Å². The van der Waals surface area contributed by atoms with E-state index in [1.54, 1.807) is 12.1 Å². The van der Waals surface area contributed by atoms with Crippen LogP contribution < -0.4 is 10.1 Å². The van der Waals surface area contributed by atoms with Crippen LogP contribution in [0.3, 0.4) is 0 Å². The highest BCUT2D eigenvalue weighted by atomic mass is 16.9. The van der Waals surface area contributed by atoms with Crippen molar-refractivity contribution < 1.29 is 29.4 Å².